The first kappa shape index (κ1) is 19.4. The number of halogens is 1. The van der Waals surface area contributed by atoms with Crippen molar-refractivity contribution in [3.05, 3.63) is 48.3 Å². The molecule has 3 rings (SSSR count). The van der Waals surface area contributed by atoms with Gasteiger partial charge in [0, 0.05) is 18.3 Å². The molecule has 0 fully saturated rings. The number of rotatable bonds is 7. The normalized spacial score (nSPS) is 12.0. The van der Waals surface area contributed by atoms with Crippen LogP contribution in [0.4, 0.5) is 14.9 Å². The second kappa shape index (κ2) is 9.05. The Morgan fingerprint density at radius 3 is 2.79 bits per heavy atom. The molecular formula is C19H20FN3O5. The number of ether oxygens (including phenoxy) is 3. The Morgan fingerprint density at radius 2 is 1.96 bits per heavy atom. The van der Waals surface area contributed by atoms with Gasteiger partial charge in [-0.1, -0.05) is 12.1 Å². The molecule has 0 unspecified atom stereocenters. The maximum absolute atomic E-state index is 13.5. The van der Waals surface area contributed by atoms with Gasteiger partial charge in [0.25, 0.3) is 0 Å². The van der Waals surface area contributed by atoms with E-state index in [1.54, 1.807) is 42.3 Å². The highest BCUT2D eigenvalue weighted by atomic mass is 19.1. The Morgan fingerprint density at radius 1 is 1.18 bits per heavy atom. The van der Waals surface area contributed by atoms with Crippen molar-refractivity contribution in [3.8, 4) is 17.2 Å². The van der Waals surface area contributed by atoms with E-state index in [-0.39, 0.29) is 25.7 Å². The molecule has 1 heterocycles. The van der Waals surface area contributed by atoms with Gasteiger partial charge in [0.2, 0.25) is 12.7 Å². The Hall–Kier alpha value is -3.33. The molecule has 0 aromatic heterocycles. The van der Waals surface area contributed by atoms with Crippen LogP contribution < -0.4 is 24.8 Å². The first-order valence-electron chi connectivity index (χ1n) is 8.57. The van der Waals surface area contributed by atoms with E-state index in [0.29, 0.717) is 23.7 Å². The molecule has 2 N–H and O–H groups in total. The van der Waals surface area contributed by atoms with Crippen molar-refractivity contribution >= 4 is 17.6 Å². The summed E-state index contributed by atoms with van der Waals surface area (Å²) in [4.78, 5) is 25.6. The number of urea groups is 1. The maximum Gasteiger partial charge on any atom is 0.325 e. The molecule has 0 radical (unpaired) electrons. The van der Waals surface area contributed by atoms with E-state index < -0.39 is 17.8 Å². The van der Waals surface area contributed by atoms with Crippen LogP contribution in [-0.2, 0) is 4.79 Å². The lowest BCUT2D eigenvalue weighted by atomic mass is 10.3. The predicted octanol–water partition coefficient (Wildman–Crippen LogP) is 2.21. The molecule has 28 heavy (non-hydrogen) atoms. The molecule has 0 saturated heterocycles. The summed E-state index contributed by atoms with van der Waals surface area (Å²) in [5.41, 5.74) is 0.473. The molecular weight excluding hydrogens is 369 g/mol. The van der Waals surface area contributed by atoms with Crippen LogP contribution in [0.15, 0.2) is 42.5 Å². The van der Waals surface area contributed by atoms with Crippen LogP contribution in [0.3, 0.4) is 0 Å². The van der Waals surface area contributed by atoms with Gasteiger partial charge in [-0.05, 0) is 31.3 Å². The summed E-state index contributed by atoms with van der Waals surface area (Å²) in [6.45, 7) is 0.700. The summed E-state index contributed by atoms with van der Waals surface area (Å²) >= 11 is 0. The second-order valence-corrected chi connectivity index (χ2v) is 6.09. The van der Waals surface area contributed by atoms with Crippen molar-refractivity contribution in [3.63, 3.8) is 0 Å². The quantitative estimate of drug-likeness (QED) is 0.755. The van der Waals surface area contributed by atoms with Crippen LogP contribution in [0.5, 0.6) is 17.2 Å². The van der Waals surface area contributed by atoms with E-state index in [0.717, 1.165) is 0 Å². The fourth-order valence-electron chi connectivity index (χ4n) is 2.50. The molecule has 1 aliphatic rings. The second-order valence-electron chi connectivity index (χ2n) is 6.09. The highest BCUT2D eigenvalue weighted by molar-refractivity contribution is 6.01. The minimum Gasteiger partial charge on any atom is -0.489 e. The van der Waals surface area contributed by atoms with Gasteiger partial charge in [-0.3, -0.25) is 15.0 Å². The zero-order chi connectivity index (χ0) is 19.9. The van der Waals surface area contributed by atoms with Crippen molar-refractivity contribution in [1.29, 1.82) is 0 Å². The summed E-state index contributed by atoms with van der Waals surface area (Å²) in [6.07, 6.45) is 0. The third-order valence-corrected chi connectivity index (χ3v) is 3.86. The predicted molar refractivity (Wildman–Crippen MR) is 99.1 cm³/mol. The molecule has 3 amide bonds. The lowest BCUT2D eigenvalue weighted by Crippen LogP contribution is -2.41. The largest absolute Gasteiger partial charge is 0.489 e. The van der Waals surface area contributed by atoms with Crippen LogP contribution in [0, 0.1) is 5.82 Å². The van der Waals surface area contributed by atoms with E-state index in [9.17, 15) is 14.0 Å². The van der Waals surface area contributed by atoms with Gasteiger partial charge in [-0.25, -0.2) is 9.18 Å². The average molecular weight is 389 g/mol. The maximum atomic E-state index is 13.5. The summed E-state index contributed by atoms with van der Waals surface area (Å²) in [7, 11) is 1.69. The van der Waals surface area contributed by atoms with Crippen LogP contribution in [0.2, 0.25) is 0 Å². The number of amides is 3. The number of nitrogens with one attached hydrogen (secondary N) is 2. The first-order valence-corrected chi connectivity index (χ1v) is 8.57. The molecule has 0 atom stereocenters. The molecule has 8 nitrogen and oxygen atoms in total. The number of para-hydroxylation sites is 1. The average Bonchev–Trinajstić information content (AvgIpc) is 3.10. The highest BCUT2D eigenvalue weighted by Crippen LogP contribution is 2.34. The number of benzene rings is 2. The third kappa shape index (κ3) is 5.34. The number of carbonyl (C=O) groups is 2. The van der Waals surface area contributed by atoms with Crippen molar-refractivity contribution in [2.75, 3.05) is 38.9 Å². The Labute approximate surface area is 161 Å². The third-order valence-electron chi connectivity index (χ3n) is 3.86. The van der Waals surface area contributed by atoms with E-state index in [2.05, 4.69) is 10.6 Å². The molecule has 2 aromatic rings. The van der Waals surface area contributed by atoms with Gasteiger partial charge >= 0.3 is 6.03 Å². The standard InChI is InChI=1S/C19H20FN3O5/c1-23(8-9-26-15-5-3-2-4-14(15)20)11-18(24)22-19(25)21-13-6-7-16-17(10-13)28-12-27-16/h2-7,10H,8-9,11-12H2,1H3,(H2,21,22,24,25). The minimum atomic E-state index is -0.653. The molecule has 0 bridgehead atoms. The van der Waals surface area contributed by atoms with Crippen LogP contribution in [-0.4, -0.2) is 50.4 Å². The van der Waals surface area contributed by atoms with E-state index in [1.807, 2.05) is 0 Å². The van der Waals surface area contributed by atoms with Crippen molar-refractivity contribution < 1.29 is 28.2 Å². The van der Waals surface area contributed by atoms with Gasteiger partial charge in [0.05, 0.1) is 6.54 Å². The van der Waals surface area contributed by atoms with Crippen molar-refractivity contribution in [2.24, 2.45) is 0 Å². The van der Waals surface area contributed by atoms with E-state index in [4.69, 9.17) is 14.2 Å². The fraction of sp³-hybridized carbons (Fsp3) is 0.263. The van der Waals surface area contributed by atoms with E-state index in [1.165, 1.54) is 12.1 Å². The smallest absolute Gasteiger partial charge is 0.325 e. The van der Waals surface area contributed by atoms with Gasteiger partial charge < -0.3 is 19.5 Å². The number of imide groups is 1. The van der Waals surface area contributed by atoms with Gasteiger partial charge in [-0.2, -0.15) is 0 Å². The molecule has 0 saturated carbocycles. The van der Waals surface area contributed by atoms with Crippen molar-refractivity contribution in [2.45, 2.75) is 0 Å². The molecule has 9 heteroatoms. The molecule has 148 valence electrons. The summed E-state index contributed by atoms with van der Waals surface area (Å²) in [6, 6.07) is 10.4. The molecule has 2 aromatic carbocycles. The monoisotopic (exact) mass is 389 g/mol. The van der Waals surface area contributed by atoms with Crippen molar-refractivity contribution in [1.82, 2.24) is 10.2 Å². The van der Waals surface area contributed by atoms with Gasteiger partial charge in [0.15, 0.2) is 23.1 Å². The number of carbonyl (C=O) groups excluding carboxylic acids is 2. The molecule has 0 spiro atoms. The van der Waals surface area contributed by atoms with Crippen LogP contribution in [0.25, 0.3) is 0 Å². The number of likely N-dealkylation sites (N-methyl/N-ethyl adjacent to an activating group) is 1. The summed E-state index contributed by atoms with van der Waals surface area (Å²) < 4.78 is 29.2. The summed E-state index contributed by atoms with van der Waals surface area (Å²) in [5, 5.41) is 4.80. The first-order chi connectivity index (χ1) is 13.5. The highest BCUT2D eigenvalue weighted by Gasteiger charge is 2.15. The Kier molecular flexibility index (Phi) is 6.28. The fourth-order valence-corrected chi connectivity index (χ4v) is 2.50. The Balaban J connectivity index is 1.38. The number of nitrogens with zero attached hydrogens (tertiary/aromatic N) is 1. The van der Waals surface area contributed by atoms with Gasteiger partial charge in [-0.15, -0.1) is 0 Å². The number of anilines is 1. The van der Waals surface area contributed by atoms with Crippen LogP contribution >= 0.6 is 0 Å². The Bertz CT molecular complexity index is 861. The molecule has 1 aliphatic heterocycles. The topological polar surface area (TPSA) is 89.1 Å². The number of fused-ring (bicyclic) bond motifs is 1. The number of hydrogen-bond donors (Lipinski definition) is 2. The zero-order valence-corrected chi connectivity index (χ0v) is 15.2. The summed E-state index contributed by atoms with van der Waals surface area (Å²) in [5.74, 6) is 0.359. The van der Waals surface area contributed by atoms with Crippen LogP contribution in [0.1, 0.15) is 0 Å². The lowest BCUT2D eigenvalue weighted by molar-refractivity contribution is -0.120. The van der Waals surface area contributed by atoms with Gasteiger partial charge in [0.1, 0.15) is 6.61 Å². The SMILES string of the molecule is CN(CCOc1ccccc1F)CC(=O)NC(=O)Nc1ccc2c(c1)OCO2. The molecule has 0 aliphatic carbocycles. The minimum absolute atomic E-state index is 0.0187. The number of hydrogen-bond acceptors (Lipinski definition) is 6. The zero-order valence-electron chi connectivity index (χ0n) is 15.2. The van der Waals surface area contributed by atoms with E-state index >= 15 is 0 Å². The lowest BCUT2D eigenvalue weighted by Gasteiger charge is -2.16.